The molecule has 0 radical (unpaired) electrons. The quantitative estimate of drug-likeness (QED) is 0.749. The Bertz CT molecular complexity index is 326. The van der Waals surface area contributed by atoms with Crippen molar-refractivity contribution in [2.75, 3.05) is 13.2 Å². The molecule has 2 heterocycles. The van der Waals surface area contributed by atoms with Crippen LogP contribution in [0.2, 0.25) is 0 Å². The van der Waals surface area contributed by atoms with Gasteiger partial charge in [0.2, 0.25) is 5.91 Å². The van der Waals surface area contributed by atoms with E-state index in [9.17, 15) is 9.59 Å². The van der Waals surface area contributed by atoms with Crippen molar-refractivity contribution < 1.29 is 24.2 Å². The molecule has 18 heavy (non-hydrogen) atoms. The van der Waals surface area contributed by atoms with Crippen LogP contribution < -0.4 is 5.32 Å². The third kappa shape index (κ3) is 3.00. The van der Waals surface area contributed by atoms with Crippen LogP contribution in [0.15, 0.2) is 0 Å². The fourth-order valence-corrected chi connectivity index (χ4v) is 2.39. The van der Waals surface area contributed by atoms with Crippen LogP contribution in [-0.4, -0.2) is 48.4 Å². The number of hydrogen-bond donors (Lipinski definition) is 2. The minimum Gasteiger partial charge on any atom is -0.479 e. The van der Waals surface area contributed by atoms with Crippen molar-refractivity contribution in [3.63, 3.8) is 0 Å². The number of carbonyl (C=O) groups excluding carboxylic acids is 1. The lowest BCUT2D eigenvalue weighted by atomic mass is 10.0. The van der Waals surface area contributed by atoms with Gasteiger partial charge in [-0.1, -0.05) is 0 Å². The molecule has 0 saturated carbocycles. The predicted molar refractivity (Wildman–Crippen MR) is 62.1 cm³/mol. The van der Waals surface area contributed by atoms with Crippen molar-refractivity contribution in [2.45, 2.75) is 44.4 Å². The standard InChI is InChI=1S/C12H19NO5/c1-7(8-4-5-17-6-8)13-11(14)9-2-3-10(18-9)12(15)16/h7-10H,2-6H2,1H3,(H,13,14)(H,15,16)/t7?,8?,9-,10+/m0/s1. The average molecular weight is 257 g/mol. The number of amides is 1. The van der Waals surface area contributed by atoms with Crippen molar-refractivity contribution in [2.24, 2.45) is 5.92 Å². The highest BCUT2D eigenvalue weighted by molar-refractivity contribution is 5.82. The lowest BCUT2D eigenvalue weighted by Crippen LogP contribution is -2.44. The van der Waals surface area contributed by atoms with E-state index < -0.39 is 18.2 Å². The molecule has 0 aromatic rings. The van der Waals surface area contributed by atoms with Crippen molar-refractivity contribution in [3.8, 4) is 0 Å². The largest absolute Gasteiger partial charge is 0.479 e. The van der Waals surface area contributed by atoms with Crippen molar-refractivity contribution in [3.05, 3.63) is 0 Å². The first-order valence-electron chi connectivity index (χ1n) is 6.34. The van der Waals surface area contributed by atoms with Gasteiger partial charge in [0.1, 0.15) is 6.10 Å². The molecule has 0 spiro atoms. The maximum absolute atomic E-state index is 11.9. The molecule has 4 atom stereocenters. The van der Waals surface area contributed by atoms with Gasteiger partial charge in [-0.15, -0.1) is 0 Å². The molecule has 6 heteroatoms. The Balaban J connectivity index is 1.79. The number of hydrogen-bond acceptors (Lipinski definition) is 4. The molecule has 2 aliphatic rings. The van der Waals surface area contributed by atoms with E-state index in [4.69, 9.17) is 14.6 Å². The van der Waals surface area contributed by atoms with Gasteiger partial charge in [-0.3, -0.25) is 4.79 Å². The van der Waals surface area contributed by atoms with Crippen molar-refractivity contribution >= 4 is 11.9 Å². The monoisotopic (exact) mass is 257 g/mol. The highest BCUT2D eigenvalue weighted by atomic mass is 16.5. The summed E-state index contributed by atoms with van der Waals surface area (Å²) in [4.78, 5) is 22.6. The van der Waals surface area contributed by atoms with Gasteiger partial charge in [0.05, 0.1) is 6.61 Å². The molecule has 102 valence electrons. The fraction of sp³-hybridized carbons (Fsp3) is 0.833. The second kappa shape index (κ2) is 5.67. The number of carbonyl (C=O) groups is 2. The smallest absolute Gasteiger partial charge is 0.332 e. The second-order valence-electron chi connectivity index (χ2n) is 4.95. The maximum Gasteiger partial charge on any atom is 0.332 e. The topological polar surface area (TPSA) is 84.9 Å². The van der Waals surface area contributed by atoms with Gasteiger partial charge in [0, 0.05) is 18.6 Å². The number of ether oxygens (including phenoxy) is 2. The van der Waals surface area contributed by atoms with E-state index in [1.54, 1.807) is 0 Å². The number of carboxylic acids is 1. The fourth-order valence-electron chi connectivity index (χ4n) is 2.39. The highest BCUT2D eigenvalue weighted by Gasteiger charge is 2.35. The number of carboxylic acid groups (broad SMARTS) is 1. The summed E-state index contributed by atoms with van der Waals surface area (Å²) in [6, 6.07) is 0.0347. The van der Waals surface area contributed by atoms with Crippen LogP contribution in [0.25, 0.3) is 0 Å². The molecule has 2 fully saturated rings. The molecular weight excluding hydrogens is 238 g/mol. The van der Waals surface area contributed by atoms with Gasteiger partial charge >= 0.3 is 5.97 Å². The summed E-state index contributed by atoms with van der Waals surface area (Å²) < 4.78 is 10.5. The molecule has 0 aromatic heterocycles. The molecule has 2 aliphatic heterocycles. The zero-order valence-corrected chi connectivity index (χ0v) is 10.4. The molecule has 2 unspecified atom stereocenters. The zero-order valence-electron chi connectivity index (χ0n) is 10.4. The van der Waals surface area contributed by atoms with E-state index in [0.29, 0.717) is 25.4 Å². The normalized spacial score (nSPS) is 33.3. The van der Waals surface area contributed by atoms with E-state index in [1.807, 2.05) is 6.92 Å². The third-order valence-corrected chi connectivity index (χ3v) is 3.63. The average Bonchev–Trinajstić information content (AvgIpc) is 3.00. The molecule has 2 N–H and O–H groups in total. The summed E-state index contributed by atoms with van der Waals surface area (Å²) in [5.41, 5.74) is 0. The summed E-state index contributed by atoms with van der Waals surface area (Å²) >= 11 is 0. The molecule has 2 saturated heterocycles. The number of aliphatic carboxylic acids is 1. The second-order valence-corrected chi connectivity index (χ2v) is 4.95. The molecule has 2 rings (SSSR count). The molecule has 1 amide bonds. The first-order chi connectivity index (χ1) is 8.58. The van der Waals surface area contributed by atoms with E-state index in [1.165, 1.54) is 0 Å². The summed E-state index contributed by atoms with van der Waals surface area (Å²) in [5.74, 6) is -0.869. The van der Waals surface area contributed by atoms with E-state index in [0.717, 1.165) is 13.0 Å². The van der Waals surface area contributed by atoms with E-state index in [-0.39, 0.29) is 11.9 Å². The highest BCUT2D eigenvalue weighted by Crippen LogP contribution is 2.21. The Kier molecular flexibility index (Phi) is 4.19. The molecule has 0 bridgehead atoms. The van der Waals surface area contributed by atoms with Gasteiger partial charge in [0.25, 0.3) is 0 Å². The minimum atomic E-state index is -0.998. The van der Waals surface area contributed by atoms with Gasteiger partial charge in [-0.2, -0.15) is 0 Å². The molecule has 0 aliphatic carbocycles. The molecular formula is C12H19NO5. The van der Waals surface area contributed by atoms with E-state index >= 15 is 0 Å². The predicted octanol–water partition coefficient (Wildman–Crippen LogP) is 0.160. The van der Waals surface area contributed by atoms with Crippen LogP contribution in [0, 0.1) is 5.92 Å². The SMILES string of the molecule is CC(NC(=O)[C@@H]1CC[C@H](C(=O)O)O1)C1CCOC1. The first kappa shape index (κ1) is 13.3. The maximum atomic E-state index is 11.9. The van der Waals surface area contributed by atoms with Gasteiger partial charge in [-0.05, 0) is 26.2 Å². The number of nitrogens with one attached hydrogen (secondary N) is 1. The van der Waals surface area contributed by atoms with Gasteiger partial charge < -0.3 is 19.9 Å². The van der Waals surface area contributed by atoms with Gasteiger partial charge in [-0.25, -0.2) is 4.79 Å². The van der Waals surface area contributed by atoms with Crippen LogP contribution in [0.5, 0.6) is 0 Å². The van der Waals surface area contributed by atoms with Crippen LogP contribution >= 0.6 is 0 Å². The molecule has 0 aromatic carbocycles. The van der Waals surface area contributed by atoms with E-state index in [2.05, 4.69) is 5.32 Å². The Morgan fingerprint density at radius 2 is 2.00 bits per heavy atom. The van der Waals surface area contributed by atoms with Crippen molar-refractivity contribution in [1.82, 2.24) is 5.32 Å². The van der Waals surface area contributed by atoms with Crippen molar-refractivity contribution in [1.29, 1.82) is 0 Å². The Hall–Kier alpha value is -1.14. The zero-order chi connectivity index (χ0) is 13.1. The van der Waals surface area contributed by atoms with Gasteiger partial charge in [0.15, 0.2) is 6.10 Å². The van der Waals surface area contributed by atoms with Crippen LogP contribution in [0.1, 0.15) is 26.2 Å². The van der Waals surface area contributed by atoms with Crippen LogP contribution in [-0.2, 0) is 19.1 Å². The Morgan fingerprint density at radius 3 is 2.56 bits per heavy atom. The summed E-state index contributed by atoms with van der Waals surface area (Å²) in [6.07, 6.45) is 0.345. The summed E-state index contributed by atoms with van der Waals surface area (Å²) in [6.45, 7) is 3.36. The third-order valence-electron chi connectivity index (χ3n) is 3.63. The summed E-state index contributed by atoms with van der Waals surface area (Å²) in [5, 5.41) is 11.7. The Morgan fingerprint density at radius 1 is 1.28 bits per heavy atom. The number of rotatable bonds is 4. The minimum absolute atomic E-state index is 0.0347. The Labute approximate surface area is 106 Å². The first-order valence-corrected chi connectivity index (χ1v) is 6.34. The summed E-state index contributed by atoms with van der Waals surface area (Å²) in [7, 11) is 0. The molecule has 6 nitrogen and oxygen atoms in total. The lowest BCUT2D eigenvalue weighted by molar-refractivity contribution is -0.152. The van der Waals surface area contributed by atoms with Crippen LogP contribution in [0.3, 0.4) is 0 Å². The lowest BCUT2D eigenvalue weighted by Gasteiger charge is -2.21. The van der Waals surface area contributed by atoms with Crippen LogP contribution in [0.4, 0.5) is 0 Å².